The molecule has 0 bridgehead atoms. The molecule has 4 aromatic heterocycles. The van der Waals surface area contributed by atoms with Crippen molar-refractivity contribution in [2.45, 2.75) is 82.4 Å². The minimum Gasteiger partial charge on any atom is -0.461 e. The summed E-state index contributed by atoms with van der Waals surface area (Å²) in [5.74, 6) is -3.28. The fourth-order valence-electron chi connectivity index (χ4n) is 12.1. The second-order valence-corrected chi connectivity index (χ2v) is 22.6. The number of piperazine rings is 1. The highest BCUT2D eigenvalue weighted by molar-refractivity contribution is 7.71. The SMILES string of the molecule is C=C(COC(O)Nc1cc2cc3c(nc2cc1F)-c1cc2c(c(=S)n1C3)COC(=O)[C@]2(O)CC)C(=O)N1CCN(c2nc(OC[C@@]34CCCN3C[C@H](F)C4)nc3c(F)c(-c4ccc(F)c5sc(N)c(C#N)c45)c(Cl)cc23)[C@@H](C)C1. The normalized spacial score (nSPS) is 21.9. The zero-order valence-electron chi connectivity index (χ0n) is 42.5. The summed E-state index contributed by atoms with van der Waals surface area (Å²) in [6.45, 7) is 8.72. The van der Waals surface area contributed by atoms with Gasteiger partial charge in [0.15, 0.2) is 11.4 Å². The van der Waals surface area contributed by atoms with Crippen LogP contribution in [0.4, 0.5) is 34.1 Å². The molecule has 7 aromatic rings. The fourth-order valence-corrected chi connectivity index (χ4v) is 13.6. The van der Waals surface area contributed by atoms with Gasteiger partial charge < -0.3 is 49.8 Å². The number of aliphatic hydroxyl groups is 2. The van der Waals surface area contributed by atoms with E-state index in [9.17, 15) is 29.5 Å². The molecule has 5 N–H and O–H groups in total. The van der Waals surface area contributed by atoms with Crippen molar-refractivity contribution in [2.75, 3.05) is 61.9 Å². The number of carbonyl (C=O) groups is 2. The lowest BCUT2D eigenvalue weighted by Crippen LogP contribution is -2.54. The second kappa shape index (κ2) is 19.6. The van der Waals surface area contributed by atoms with Crippen LogP contribution in [-0.2, 0) is 37.8 Å². The van der Waals surface area contributed by atoms with E-state index in [0.29, 0.717) is 57.6 Å². The van der Waals surface area contributed by atoms with Gasteiger partial charge in [-0.25, -0.2) is 27.3 Å². The highest BCUT2D eigenvalue weighted by Crippen LogP contribution is 2.47. The largest absolute Gasteiger partial charge is 0.461 e. The van der Waals surface area contributed by atoms with Gasteiger partial charge in [0.2, 0.25) is 6.41 Å². The summed E-state index contributed by atoms with van der Waals surface area (Å²) in [6.07, 6.45) is -0.931. The van der Waals surface area contributed by atoms with Gasteiger partial charge in [-0.3, -0.25) is 9.69 Å². The summed E-state index contributed by atoms with van der Waals surface area (Å²) >= 11 is 13.6. The Hall–Kier alpha value is -7.04. The van der Waals surface area contributed by atoms with Crippen LogP contribution in [0.5, 0.6) is 6.01 Å². The van der Waals surface area contributed by atoms with Gasteiger partial charge in [-0.2, -0.15) is 15.2 Å². The molecule has 79 heavy (non-hydrogen) atoms. The van der Waals surface area contributed by atoms with Crippen molar-refractivity contribution in [3.05, 3.63) is 104 Å². The number of pyridine rings is 2. The molecule has 3 fully saturated rings. The molecule has 3 saturated heterocycles. The minimum atomic E-state index is -1.88. The lowest BCUT2D eigenvalue weighted by Gasteiger charge is -2.41. The van der Waals surface area contributed by atoms with Crippen LogP contribution >= 0.6 is 35.2 Å². The molecule has 5 atom stereocenters. The molecule has 1 amide bonds. The van der Waals surface area contributed by atoms with Gasteiger partial charge in [0.25, 0.3) is 5.91 Å². The second-order valence-electron chi connectivity index (χ2n) is 20.7. The summed E-state index contributed by atoms with van der Waals surface area (Å²) in [4.78, 5) is 46.2. The molecule has 3 aromatic carbocycles. The van der Waals surface area contributed by atoms with Crippen molar-refractivity contribution in [1.29, 1.82) is 5.26 Å². The molecular weight excluding hydrogens is 1090 g/mol. The fraction of sp³-hybridized carbons (Fsp3) is 0.364. The highest BCUT2D eigenvalue weighted by Gasteiger charge is 2.50. The Balaban J connectivity index is 0.756. The summed E-state index contributed by atoms with van der Waals surface area (Å²) < 4.78 is 82.6. The average Bonchev–Trinajstić information content (AvgIpc) is 4.20. The van der Waals surface area contributed by atoms with Crippen LogP contribution in [-0.4, -0.2) is 122 Å². The molecule has 0 saturated carbocycles. The number of nitrogens with one attached hydrogen (secondary N) is 1. The molecule has 5 aliphatic rings. The van der Waals surface area contributed by atoms with Gasteiger partial charge in [0.05, 0.1) is 56.6 Å². The third kappa shape index (κ3) is 8.61. The Morgan fingerprint density at radius 1 is 1.14 bits per heavy atom. The van der Waals surface area contributed by atoms with Crippen molar-refractivity contribution < 1.29 is 51.6 Å². The standard InChI is InChI=1S/C55H49ClF4N10O7S2/c1-4-55(74)34-15-40-44-28(20-70(40)50(78)33(34)23-75-51(55)72)12-27-13-39(37(59)16-38(27)63-44)64-53(73)76-22-25(2)49(71)67-10-11-69(26(3)19-67)48-31-14-35(56)42(30-6-7-36(58)46-41(30)32(18-61)47(62)79-46)43(60)45(31)65-52(66-48)77-24-54-8-5-9-68(54)21-29(57)17-54/h6-7,12-16,26,29,53,64,73-74H,2,4-5,8-11,17,19-24,62H2,1,3H3/t26-,29+,53?,54-,55-/m0/s1. The maximum Gasteiger partial charge on any atom is 0.343 e. The van der Waals surface area contributed by atoms with E-state index in [4.69, 9.17) is 53.7 Å². The molecule has 12 rings (SSSR count). The molecule has 1 unspecified atom stereocenters. The van der Waals surface area contributed by atoms with E-state index in [-0.39, 0.29) is 123 Å². The molecule has 9 heterocycles. The number of ether oxygens (including phenoxy) is 3. The maximum absolute atomic E-state index is 17.4. The van der Waals surface area contributed by atoms with Crippen molar-refractivity contribution in [3.8, 4) is 34.6 Å². The van der Waals surface area contributed by atoms with Crippen LogP contribution < -0.4 is 20.7 Å². The van der Waals surface area contributed by atoms with Crippen LogP contribution in [0, 0.1) is 33.4 Å². The smallest absolute Gasteiger partial charge is 0.343 e. The first kappa shape index (κ1) is 52.6. The molecule has 408 valence electrons. The van der Waals surface area contributed by atoms with Crippen LogP contribution in [0.2, 0.25) is 5.02 Å². The van der Waals surface area contributed by atoms with Gasteiger partial charge in [-0.05, 0) is 68.6 Å². The number of nitrogens with zero attached hydrogens (tertiary/aromatic N) is 8. The van der Waals surface area contributed by atoms with Crippen LogP contribution in [0.25, 0.3) is 54.4 Å². The van der Waals surface area contributed by atoms with Gasteiger partial charge in [-0.15, -0.1) is 11.3 Å². The van der Waals surface area contributed by atoms with Crippen molar-refractivity contribution in [2.24, 2.45) is 0 Å². The summed E-state index contributed by atoms with van der Waals surface area (Å²) in [5.41, 5.74) is 6.35. The number of rotatable bonds is 12. The van der Waals surface area contributed by atoms with Gasteiger partial charge >= 0.3 is 12.0 Å². The van der Waals surface area contributed by atoms with Gasteiger partial charge in [0.1, 0.15) is 58.1 Å². The van der Waals surface area contributed by atoms with E-state index < -0.39 is 65.7 Å². The Morgan fingerprint density at radius 3 is 2.72 bits per heavy atom. The van der Waals surface area contributed by atoms with Crippen LogP contribution in [0.3, 0.4) is 0 Å². The number of nitrogens with two attached hydrogens (primary N) is 1. The number of thiophene rings is 1. The number of amides is 1. The predicted molar refractivity (Wildman–Crippen MR) is 290 cm³/mol. The Kier molecular flexibility index (Phi) is 13.1. The molecule has 0 radical (unpaired) electrons. The predicted octanol–water partition coefficient (Wildman–Crippen LogP) is 8.75. The Morgan fingerprint density at radius 2 is 1.95 bits per heavy atom. The summed E-state index contributed by atoms with van der Waals surface area (Å²) in [7, 11) is 0. The first-order valence-corrected chi connectivity index (χ1v) is 27.1. The molecule has 24 heteroatoms. The van der Waals surface area contributed by atoms with E-state index in [0.717, 1.165) is 29.4 Å². The monoisotopic (exact) mass is 1140 g/mol. The number of aromatic nitrogens is 4. The number of hydrogen-bond acceptors (Lipinski definition) is 17. The molecule has 0 aliphatic carbocycles. The van der Waals surface area contributed by atoms with Crippen LogP contribution in [0.1, 0.15) is 61.8 Å². The molecule has 5 aliphatic heterocycles. The van der Waals surface area contributed by atoms with E-state index in [2.05, 4.69) is 21.8 Å². The number of cyclic esters (lactones) is 1. The minimum absolute atomic E-state index is 0.0115. The number of halogens is 5. The zero-order valence-corrected chi connectivity index (χ0v) is 44.9. The number of esters is 1. The topological polar surface area (TPSA) is 217 Å². The van der Waals surface area contributed by atoms with Gasteiger partial charge in [-0.1, -0.05) is 43.4 Å². The number of nitrogen functional groups attached to an aromatic ring is 1. The van der Waals surface area contributed by atoms with E-state index >= 15 is 13.2 Å². The molecule has 17 nitrogen and oxygen atoms in total. The molecule has 0 spiro atoms. The number of fused-ring (bicyclic) bond motifs is 8. The molecular formula is C55H49ClF4N10O7S2. The third-order valence-corrected chi connectivity index (χ3v) is 17.8. The number of hydrogen-bond donors (Lipinski definition) is 4. The Labute approximate surface area is 462 Å². The number of nitriles is 1. The zero-order chi connectivity index (χ0) is 55.6. The quantitative estimate of drug-likeness (QED) is 0.0296. The van der Waals surface area contributed by atoms with Crippen molar-refractivity contribution >= 4 is 95.4 Å². The van der Waals surface area contributed by atoms with Gasteiger partial charge in [0, 0.05) is 88.7 Å². The highest BCUT2D eigenvalue weighted by atomic mass is 35.5. The maximum atomic E-state index is 17.4. The lowest BCUT2D eigenvalue weighted by atomic mass is 9.86. The first-order chi connectivity index (χ1) is 37.8. The van der Waals surface area contributed by atoms with Crippen molar-refractivity contribution in [3.63, 3.8) is 0 Å². The number of carbonyl (C=O) groups excluding carboxylic acids is 2. The number of anilines is 3. The number of benzene rings is 3. The summed E-state index contributed by atoms with van der Waals surface area (Å²) in [5, 5.41) is 35.7. The number of alkyl halides is 1. The van der Waals surface area contributed by atoms with Crippen molar-refractivity contribution in [1.82, 2.24) is 29.3 Å². The van der Waals surface area contributed by atoms with E-state index in [1.807, 2.05) is 28.5 Å². The third-order valence-electron chi connectivity index (χ3n) is 16.1. The average molecular weight is 1140 g/mol. The van der Waals surface area contributed by atoms with Crippen LogP contribution in [0.15, 0.2) is 54.6 Å². The van der Waals surface area contributed by atoms with E-state index in [1.54, 1.807) is 17.9 Å². The number of aliphatic hydroxyl groups excluding tert-OH is 1. The summed E-state index contributed by atoms with van der Waals surface area (Å²) in [6, 6.07) is 11.5. The Bertz CT molecular complexity index is 3920. The first-order valence-electron chi connectivity index (χ1n) is 25.5. The van der Waals surface area contributed by atoms with E-state index in [1.165, 1.54) is 24.3 Å². The lowest BCUT2D eigenvalue weighted by molar-refractivity contribution is -0.172.